The Kier molecular flexibility index (Phi) is 5.86. The smallest absolute Gasteiger partial charge is 0.338 e. The summed E-state index contributed by atoms with van der Waals surface area (Å²) in [7, 11) is 1.10. The maximum Gasteiger partial charge on any atom is 0.338 e. The summed E-state index contributed by atoms with van der Waals surface area (Å²) in [5, 5.41) is 11.3. The Morgan fingerprint density at radius 3 is 2.19 bits per heavy atom. The first-order valence-electron chi connectivity index (χ1n) is 7.06. The summed E-state index contributed by atoms with van der Waals surface area (Å²) in [4.78, 5) is 45.9. The first kappa shape index (κ1) is 18.9. The van der Waals surface area contributed by atoms with E-state index in [0.717, 1.165) is 25.3 Å². The Morgan fingerprint density at radius 1 is 1.00 bits per heavy atom. The van der Waals surface area contributed by atoms with E-state index in [4.69, 9.17) is 11.6 Å². The number of carbonyl (C=O) groups is 3. The van der Waals surface area contributed by atoms with Gasteiger partial charge >= 0.3 is 5.97 Å². The molecule has 0 saturated heterocycles. The lowest BCUT2D eigenvalue weighted by atomic mass is 10.1. The standard InChI is InChI=1S/C16H12ClN3O6/c1-26-16(23)11-5-10(7-13(8-11)20(24)25)15(22)19-18-14(21)9-3-2-4-12(17)6-9/h2-8H,1H3,(H,18,21)(H,19,22). The first-order valence-corrected chi connectivity index (χ1v) is 7.43. The lowest BCUT2D eigenvalue weighted by molar-refractivity contribution is -0.384. The van der Waals surface area contributed by atoms with Crippen molar-refractivity contribution in [2.45, 2.75) is 0 Å². The van der Waals surface area contributed by atoms with Gasteiger partial charge in [-0.2, -0.15) is 0 Å². The molecule has 0 fully saturated rings. The van der Waals surface area contributed by atoms with Crippen LogP contribution >= 0.6 is 11.6 Å². The van der Waals surface area contributed by atoms with Gasteiger partial charge < -0.3 is 4.74 Å². The van der Waals surface area contributed by atoms with Gasteiger partial charge in [0.2, 0.25) is 0 Å². The Labute approximate surface area is 152 Å². The number of nitro groups is 1. The summed E-state index contributed by atoms with van der Waals surface area (Å²) in [5.41, 5.74) is 3.62. The number of nitrogens with zero attached hydrogens (tertiary/aromatic N) is 1. The largest absolute Gasteiger partial charge is 0.465 e. The number of hydrazine groups is 1. The molecule has 0 atom stereocenters. The molecule has 0 saturated carbocycles. The zero-order chi connectivity index (χ0) is 19.3. The molecule has 2 rings (SSSR count). The summed E-state index contributed by atoms with van der Waals surface area (Å²) >= 11 is 5.78. The molecule has 0 radical (unpaired) electrons. The third kappa shape index (κ3) is 4.54. The second kappa shape index (κ2) is 8.08. The zero-order valence-corrected chi connectivity index (χ0v) is 14.1. The number of ether oxygens (including phenoxy) is 1. The minimum Gasteiger partial charge on any atom is -0.465 e. The number of nitrogens with one attached hydrogen (secondary N) is 2. The van der Waals surface area contributed by atoms with Gasteiger partial charge in [0, 0.05) is 28.3 Å². The summed E-state index contributed by atoms with van der Waals surface area (Å²) in [6, 6.07) is 9.07. The van der Waals surface area contributed by atoms with Crippen molar-refractivity contribution in [1.29, 1.82) is 0 Å². The van der Waals surface area contributed by atoms with E-state index in [1.165, 1.54) is 12.1 Å². The predicted octanol–water partition coefficient (Wildman–Crippen LogP) is 2.11. The summed E-state index contributed by atoms with van der Waals surface area (Å²) in [6.45, 7) is 0. The van der Waals surface area contributed by atoms with Crippen LogP contribution in [0.2, 0.25) is 5.02 Å². The highest BCUT2D eigenvalue weighted by Crippen LogP contribution is 2.18. The number of halogens is 1. The molecule has 9 nitrogen and oxygen atoms in total. The molecule has 0 heterocycles. The lowest BCUT2D eigenvalue weighted by Gasteiger charge is -2.08. The molecule has 2 aromatic rings. The Balaban J connectivity index is 2.18. The second-order valence-corrected chi connectivity index (χ2v) is 5.37. The van der Waals surface area contributed by atoms with Gasteiger partial charge in [0.05, 0.1) is 17.6 Å². The molecule has 2 amide bonds. The Morgan fingerprint density at radius 2 is 1.62 bits per heavy atom. The highest BCUT2D eigenvalue weighted by Gasteiger charge is 2.19. The molecular weight excluding hydrogens is 366 g/mol. The van der Waals surface area contributed by atoms with E-state index in [1.807, 2.05) is 0 Å². The second-order valence-electron chi connectivity index (χ2n) is 4.94. The number of carbonyl (C=O) groups excluding carboxylic acids is 3. The average molecular weight is 378 g/mol. The predicted molar refractivity (Wildman–Crippen MR) is 90.8 cm³/mol. The van der Waals surface area contributed by atoms with Crippen LogP contribution in [0.15, 0.2) is 42.5 Å². The van der Waals surface area contributed by atoms with Gasteiger partial charge in [0.25, 0.3) is 17.5 Å². The van der Waals surface area contributed by atoms with Crippen molar-refractivity contribution in [1.82, 2.24) is 10.9 Å². The zero-order valence-electron chi connectivity index (χ0n) is 13.3. The van der Waals surface area contributed by atoms with Crippen LogP contribution in [0.4, 0.5) is 5.69 Å². The maximum absolute atomic E-state index is 12.2. The number of amides is 2. The van der Waals surface area contributed by atoms with Gasteiger partial charge in [-0.15, -0.1) is 0 Å². The molecule has 0 aliphatic rings. The molecule has 0 unspecified atom stereocenters. The van der Waals surface area contributed by atoms with E-state index < -0.39 is 28.4 Å². The van der Waals surface area contributed by atoms with Gasteiger partial charge in [-0.3, -0.25) is 30.6 Å². The third-order valence-corrected chi connectivity index (χ3v) is 3.42. The fourth-order valence-corrected chi connectivity index (χ4v) is 2.16. The van der Waals surface area contributed by atoms with Gasteiger partial charge in [0.15, 0.2) is 0 Å². The van der Waals surface area contributed by atoms with E-state index in [9.17, 15) is 24.5 Å². The topological polar surface area (TPSA) is 128 Å². The monoisotopic (exact) mass is 377 g/mol. The molecule has 0 aromatic heterocycles. The number of methoxy groups -OCH3 is 1. The molecule has 0 bridgehead atoms. The number of non-ortho nitro benzene ring substituents is 1. The van der Waals surface area contributed by atoms with E-state index in [2.05, 4.69) is 15.6 Å². The fraction of sp³-hybridized carbons (Fsp3) is 0.0625. The lowest BCUT2D eigenvalue weighted by Crippen LogP contribution is -2.41. The highest BCUT2D eigenvalue weighted by atomic mass is 35.5. The summed E-state index contributed by atoms with van der Waals surface area (Å²) in [6.07, 6.45) is 0. The minimum atomic E-state index is -0.853. The van der Waals surface area contributed by atoms with Crippen LogP contribution in [0.1, 0.15) is 31.1 Å². The number of benzene rings is 2. The van der Waals surface area contributed by atoms with Crippen molar-refractivity contribution in [3.8, 4) is 0 Å². The van der Waals surface area contributed by atoms with E-state index in [0.29, 0.717) is 5.02 Å². The normalized spacial score (nSPS) is 9.92. The van der Waals surface area contributed by atoms with Crippen LogP contribution < -0.4 is 10.9 Å². The van der Waals surface area contributed by atoms with Crippen molar-refractivity contribution in [2.24, 2.45) is 0 Å². The van der Waals surface area contributed by atoms with E-state index in [1.54, 1.807) is 12.1 Å². The Hall–Kier alpha value is -3.46. The fourth-order valence-electron chi connectivity index (χ4n) is 1.97. The number of rotatable bonds is 4. The molecule has 2 N–H and O–H groups in total. The third-order valence-electron chi connectivity index (χ3n) is 3.19. The van der Waals surface area contributed by atoms with Crippen LogP contribution in [0, 0.1) is 10.1 Å². The first-order chi connectivity index (χ1) is 12.3. The van der Waals surface area contributed by atoms with Crippen molar-refractivity contribution in [3.05, 3.63) is 74.3 Å². The highest BCUT2D eigenvalue weighted by molar-refractivity contribution is 6.31. The van der Waals surface area contributed by atoms with Gasteiger partial charge in [0.1, 0.15) is 0 Å². The summed E-state index contributed by atoms with van der Waals surface area (Å²) < 4.78 is 4.50. The van der Waals surface area contributed by atoms with Gasteiger partial charge in [-0.05, 0) is 24.3 Å². The van der Waals surface area contributed by atoms with Crippen LogP contribution in [-0.4, -0.2) is 29.8 Å². The molecule has 0 spiro atoms. The Bertz CT molecular complexity index is 899. The van der Waals surface area contributed by atoms with Crippen molar-refractivity contribution in [2.75, 3.05) is 7.11 Å². The quantitative estimate of drug-likeness (QED) is 0.477. The maximum atomic E-state index is 12.2. The van der Waals surface area contributed by atoms with E-state index in [-0.39, 0.29) is 16.7 Å². The van der Waals surface area contributed by atoms with Gasteiger partial charge in [-0.1, -0.05) is 17.7 Å². The molecule has 2 aromatic carbocycles. The number of nitro benzene ring substituents is 1. The number of hydrogen-bond acceptors (Lipinski definition) is 6. The van der Waals surface area contributed by atoms with E-state index >= 15 is 0 Å². The molecule has 0 aliphatic heterocycles. The molecule has 134 valence electrons. The van der Waals surface area contributed by atoms with Crippen LogP contribution in [0.25, 0.3) is 0 Å². The van der Waals surface area contributed by atoms with Crippen LogP contribution in [0.5, 0.6) is 0 Å². The summed E-state index contributed by atoms with van der Waals surface area (Å²) in [5.74, 6) is -2.33. The number of hydrogen-bond donors (Lipinski definition) is 2. The van der Waals surface area contributed by atoms with Crippen molar-refractivity contribution < 1.29 is 24.0 Å². The molecule has 0 aliphatic carbocycles. The SMILES string of the molecule is COC(=O)c1cc(C(=O)NNC(=O)c2cccc(Cl)c2)cc([N+](=O)[O-])c1. The average Bonchev–Trinajstić information content (AvgIpc) is 2.64. The molecule has 26 heavy (non-hydrogen) atoms. The van der Waals surface area contributed by atoms with Crippen LogP contribution in [0.3, 0.4) is 0 Å². The molecular formula is C16H12ClN3O6. The number of esters is 1. The van der Waals surface area contributed by atoms with Crippen LogP contribution in [-0.2, 0) is 4.74 Å². The molecule has 10 heteroatoms. The minimum absolute atomic E-state index is 0.173. The van der Waals surface area contributed by atoms with Gasteiger partial charge in [-0.25, -0.2) is 4.79 Å². The van der Waals surface area contributed by atoms with Crippen molar-refractivity contribution >= 4 is 35.1 Å². The van der Waals surface area contributed by atoms with Crippen molar-refractivity contribution in [3.63, 3.8) is 0 Å².